The molecule has 7 heteroatoms. The molecule has 1 aromatic carbocycles. The number of carbonyl (C=O) groups is 1. The van der Waals surface area contributed by atoms with Crippen LogP contribution in [-0.2, 0) is 6.54 Å². The Morgan fingerprint density at radius 3 is 2.65 bits per heavy atom. The van der Waals surface area contributed by atoms with Gasteiger partial charge in [-0.3, -0.25) is 0 Å². The van der Waals surface area contributed by atoms with Crippen LogP contribution >= 0.6 is 15.9 Å². The summed E-state index contributed by atoms with van der Waals surface area (Å²) in [7, 11) is 0. The van der Waals surface area contributed by atoms with Gasteiger partial charge in [0.2, 0.25) is 6.43 Å². The lowest BCUT2D eigenvalue weighted by molar-refractivity contribution is 0.0374. The number of nitrogens with zero attached hydrogens (tertiary/aromatic N) is 2. The molecule has 126 valence electrons. The average Bonchev–Trinajstić information content (AvgIpc) is 2.76. The number of benzene rings is 1. The van der Waals surface area contributed by atoms with Crippen molar-refractivity contribution in [2.24, 2.45) is 5.92 Å². The smallest absolute Gasteiger partial charge is 0.320 e. The van der Waals surface area contributed by atoms with Gasteiger partial charge in [0.15, 0.2) is 0 Å². The van der Waals surface area contributed by atoms with E-state index in [-0.39, 0.29) is 6.03 Å². The highest BCUT2D eigenvalue weighted by Crippen LogP contribution is 2.28. The molecule has 4 nitrogen and oxygen atoms in total. The highest BCUT2D eigenvalue weighted by Gasteiger charge is 2.31. The second kappa shape index (κ2) is 7.03. The Bertz CT molecular complexity index is 577. The minimum atomic E-state index is -2.29. The summed E-state index contributed by atoms with van der Waals surface area (Å²) in [6, 6.07) is 5.66. The number of urea groups is 1. The van der Waals surface area contributed by atoms with Crippen molar-refractivity contribution in [2.75, 3.05) is 26.2 Å². The molecule has 0 aliphatic carbocycles. The lowest BCUT2D eigenvalue weighted by Gasteiger charge is -2.35. The van der Waals surface area contributed by atoms with Crippen LogP contribution in [0.15, 0.2) is 22.7 Å². The number of piperidine rings is 1. The third kappa shape index (κ3) is 3.76. The maximum atomic E-state index is 12.7. The van der Waals surface area contributed by atoms with Gasteiger partial charge < -0.3 is 14.5 Å². The first kappa shape index (κ1) is 16.5. The fraction of sp³-hybridized carbons (Fsp3) is 0.562. The number of halogens is 3. The standard InChI is InChI=1S/C16H19BrF2N2O2/c17-13-1-2-14-12(9-13)10-21(7-8-23-14)16(22)20-5-3-11(4-6-20)15(18)19/h1-2,9,11,15H,3-8,10H2. The molecule has 2 aliphatic heterocycles. The van der Waals surface area contributed by atoms with Gasteiger partial charge in [0.1, 0.15) is 12.4 Å². The van der Waals surface area contributed by atoms with Gasteiger partial charge in [0.25, 0.3) is 0 Å². The van der Waals surface area contributed by atoms with Crippen LogP contribution < -0.4 is 4.74 Å². The molecule has 0 N–H and O–H groups in total. The first-order chi connectivity index (χ1) is 11.0. The number of hydrogen-bond acceptors (Lipinski definition) is 2. The second-order valence-corrected chi connectivity index (χ2v) is 6.88. The van der Waals surface area contributed by atoms with Gasteiger partial charge in [0.05, 0.1) is 13.1 Å². The molecule has 2 amide bonds. The summed E-state index contributed by atoms with van der Waals surface area (Å²) in [6.07, 6.45) is -1.55. The molecule has 3 rings (SSSR count). The van der Waals surface area contributed by atoms with Crippen molar-refractivity contribution < 1.29 is 18.3 Å². The van der Waals surface area contributed by atoms with Crippen LogP contribution in [-0.4, -0.2) is 48.5 Å². The zero-order valence-electron chi connectivity index (χ0n) is 12.7. The minimum absolute atomic E-state index is 0.0888. The molecule has 2 heterocycles. The number of rotatable bonds is 1. The monoisotopic (exact) mass is 388 g/mol. The molecule has 0 spiro atoms. The first-order valence-corrected chi connectivity index (χ1v) is 8.57. The third-order valence-corrected chi connectivity index (χ3v) is 4.93. The van der Waals surface area contributed by atoms with Crippen LogP contribution in [0.2, 0.25) is 0 Å². The van der Waals surface area contributed by atoms with Crippen LogP contribution in [0, 0.1) is 5.92 Å². The van der Waals surface area contributed by atoms with E-state index in [2.05, 4.69) is 15.9 Å². The van der Waals surface area contributed by atoms with Gasteiger partial charge in [-0.25, -0.2) is 13.6 Å². The van der Waals surface area contributed by atoms with E-state index in [0.29, 0.717) is 45.6 Å². The van der Waals surface area contributed by atoms with E-state index in [1.54, 1.807) is 9.80 Å². The average molecular weight is 389 g/mol. The summed E-state index contributed by atoms with van der Waals surface area (Å²) in [6.45, 7) is 2.21. The predicted octanol–water partition coefficient (Wildman–Crippen LogP) is 3.74. The Morgan fingerprint density at radius 2 is 1.96 bits per heavy atom. The number of likely N-dealkylation sites (tertiary alicyclic amines) is 1. The summed E-state index contributed by atoms with van der Waals surface area (Å²) >= 11 is 3.43. The lowest BCUT2D eigenvalue weighted by Crippen LogP contribution is -2.47. The fourth-order valence-electron chi connectivity index (χ4n) is 3.07. The zero-order valence-corrected chi connectivity index (χ0v) is 14.3. The molecule has 1 aromatic rings. The number of amides is 2. The molecule has 0 atom stereocenters. The van der Waals surface area contributed by atoms with Crippen LogP contribution in [0.3, 0.4) is 0 Å². The fourth-order valence-corrected chi connectivity index (χ4v) is 3.48. The zero-order chi connectivity index (χ0) is 16.4. The van der Waals surface area contributed by atoms with Gasteiger partial charge in [-0.15, -0.1) is 0 Å². The molecular weight excluding hydrogens is 370 g/mol. The summed E-state index contributed by atoms with van der Waals surface area (Å²) in [5.41, 5.74) is 0.952. The molecule has 2 aliphatic rings. The summed E-state index contributed by atoms with van der Waals surface area (Å²) < 4.78 is 32.1. The van der Waals surface area contributed by atoms with Crippen molar-refractivity contribution in [2.45, 2.75) is 25.8 Å². The van der Waals surface area contributed by atoms with E-state index in [1.807, 2.05) is 18.2 Å². The van der Waals surface area contributed by atoms with Crippen LogP contribution in [0.25, 0.3) is 0 Å². The second-order valence-electron chi connectivity index (χ2n) is 5.96. The predicted molar refractivity (Wildman–Crippen MR) is 85.7 cm³/mol. The molecule has 1 saturated heterocycles. The van der Waals surface area contributed by atoms with Crippen molar-refractivity contribution in [3.8, 4) is 5.75 Å². The van der Waals surface area contributed by atoms with Crippen molar-refractivity contribution >= 4 is 22.0 Å². The summed E-state index contributed by atoms with van der Waals surface area (Å²) in [5, 5.41) is 0. The molecule has 1 fully saturated rings. The summed E-state index contributed by atoms with van der Waals surface area (Å²) in [5.74, 6) is 0.211. The molecule has 0 aromatic heterocycles. The Balaban J connectivity index is 1.66. The third-order valence-electron chi connectivity index (χ3n) is 4.44. The SMILES string of the molecule is O=C(N1CCC(C(F)F)CC1)N1CCOc2ccc(Br)cc2C1. The molecule has 0 saturated carbocycles. The van der Waals surface area contributed by atoms with Crippen molar-refractivity contribution in [1.29, 1.82) is 0 Å². The lowest BCUT2D eigenvalue weighted by atomic mass is 9.98. The largest absolute Gasteiger partial charge is 0.491 e. The molecule has 0 unspecified atom stereocenters. The maximum absolute atomic E-state index is 12.7. The van der Waals surface area contributed by atoms with Gasteiger partial charge in [-0.2, -0.15) is 0 Å². The molecule has 0 bridgehead atoms. The van der Waals surface area contributed by atoms with Gasteiger partial charge in [-0.1, -0.05) is 15.9 Å². The Labute approximate surface area is 142 Å². The number of fused-ring (bicyclic) bond motifs is 1. The van der Waals surface area contributed by atoms with E-state index in [4.69, 9.17) is 4.74 Å². The van der Waals surface area contributed by atoms with Crippen molar-refractivity contribution in [1.82, 2.24) is 9.80 Å². The number of ether oxygens (including phenoxy) is 1. The first-order valence-electron chi connectivity index (χ1n) is 7.78. The van der Waals surface area contributed by atoms with E-state index < -0.39 is 12.3 Å². The topological polar surface area (TPSA) is 32.8 Å². The van der Waals surface area contributed by atoms with Crippen LogP contribution in [0.1, 0.15) is 18.4 Å². The number of carbonyl (C=O) groups excluding carboxylic acids is 1. The Kier molecular flexibility index (Phi) is 5.04. The maximum Gasteiger partial charge on any atom is 0.320 e. The quantitative estimate of drug-likeness (QED) is 0.733. The van der Waals surface area contributed by atoms with Crippen molar-refractivity contribution in [3.05, 3.63) is 28.2 Å². The van der Waals surface area contributed by atoms with Gasteiger partial charge in [-0.05, 0) is 31.0 Å². The van der Waals surface area contributed by atoms with E-state index in [1.165, 1.54) is 0 Å². The molecular formula is C16H19BrF2N2O2. The van der Waals surface area contributed by atoms with Gasteiger partial charge >= 0.3 is 6.03 Å². The highest BCUT2D eigenvalue weighted by atomic mass is 79.9. The van der Waals surface area contributed by atoms with E-state index in [9.17, 15) is 13.6 Å². The van der Waals surface area contributed by atoms with E-state index in [0.717, 1.165) is 15.8 Å². The highest BCUT2D eigenvalue weighted by molar-refractivity contribution is 9.10. The molecule has 0 radical (unpaired) electrons. The number of hydrogen-bond donors (Lipinski definition) is 0. The summed E-state index contributed by atoms with van der Waals surface area (Å²) in [4.78, 5) is 16.1. The van der Waals surface area contributed by atoms with E-state index >= 15 is 0 Å². The van der Waals surface area contributed by atoms with Crippen LogP contribution in [0.4, 0.5) is 13.6 Å². The van der Waals surface area contributed by atoms with Crippen molar-refractivity contribution in [3.63, 3.8) is 0 Å². The Morgan fingerprint density at radius 1 is 1.22 bits per heavy atom. The molecule has 23 heavy (non-hydrogen) atoms. The number of alkyl halides is 2. The van der Waals surface area contributed by atoms with Gasteiger partial charge in [0, 0.05) is 29.0 Å². The minimum Gasteiger partial charge on any atom is -0.491 e. The Hall–Kier alpha value is -1.37. The van der Waals surface area contributed by atoms with Crippen LogP contribution in [0.5, 0.6) is 5.75 Å². The normalized spacial score (nSPS) is 19.3.